The molecule has 0 heterocycles. The second-order valence-electron chi connectivity index (χ2n) is 8.40. The third-order valence-corrected chi connectivity index (χ3v) is 5.41. The van der Waals surface area contributed by atoms with Gasteiger partial charge in [-0.1, -0.05) is 54.6 Å². The predicted molar refractivity (Wildman–Crippen MR) is 125 cm³/mol. The molecular formula is C26H24F6N2O4. The molecule has 0 aliphatic rings. The first kappa shape index (κ1) is 28.6. The molecule has 204 valence electrons. The van der Waals surface area contributed by atoms with Crippen LogP contribution in [-0.2, 0) is 12.0 Å². The van der Waals surface area contributed by atoms with Crippen LogP contribution in [0.25, 0.3) is 0 Å². The van der Waals surface area contributed by atoms with Crippen LogP contribution < -0.4 is 20.1 Å². The lowest BCUT2D eigenvalue weighted by atomic mass is 9.77. The maximum absolute atomic E-state index is 13.0. The van der Waals surface area contributed by atoms with Crippen molar-refractivity contribution in [2.75, 3.05) is 6.61 Å². The Morgan fingerprint density at radius 1 is 0.816 bits per heavy atom. The molecule has 0 aliphatic carbocycles. The lowest BCUT2D eigenvalue weighted by Crippen LogP contribution is -2.54. The molecule has 12 heteroatoms. The van der Waals surface area contributed by atoms with Gasteiger partial charge in [-0.2, -0.15) is 0 Å². The van der Waals surface area contributed by atoms with Gasteiger partial charge in [0.2, 0.25) is 0 Å². The molecule has 3 aromatic rings. The van der Waals surface area contributed by atoms with E-state index < -0.39 is 48.4 Å². The summed E-state index contributed by atoms with van der Waals surface area (Å²) in [7, 11) is 0. The van der Waals surface area contributed by atoms with Gasteiger partial charge in [0.15, 0.2) is 0 Å². The van der Waals surface area contributed by atoms with Crippen molar-refractivity contribution < 1.29 is 45.7 Å². The lowest BCUT2D eigenvalue weighted by molar-refractivity contribution is -0.275. The zero-order valence-electron chi connectivity index (χ0n) is 19.9. The molecule has 1 atom stereocenters. The van der Waals surface area contributed by atoms with E-state index in [1.807, 2.05) is 0 Å². The normalized spacial score (nSPS) is 12.9. The van der Waals surface area contributed by atoms with Gasteiger partial charge >= 0.3 is 18.8 Å². The van der Waals surface area contributed by atoms with E-state index in [4.69, 9.17) is 0 Å². The Labute approximate surface area is 214 Å². The van der Waals surface area contributed by atoms with Crippen molar-refractivity contribution in [2.45, 2.75) is 37.7 Å². The number of carbonyl (C=O) groups excluding carboxylic acids is 1. The van der Waals surface area contributed by atoms with Crippen LogP contribution in [0.2, 0.25) is 0 Å². The summed E-state index contributed by atoms with van der Waals surface area (Å²) >= 11 is 0. The van der Waals surface area contributed by atoms with Crippen LogP contribution in [0.15, 0.2) is 78.9 Å². The Hall–Kier alpha value is -3.93. The van der Waals surface area contributed by atoms with E-state index >= 15 is 0 Å². The maximum Gasteiger partial charge on any atom is 0.573 e. The number of ether oxygens (including phenoxy) is 2. The maximum atomic E-state index is 13.0. The highest BCUT2D eigenvalue weighted by atomic mass is 19.4. The summed E-state index contributed by atoms with van der Waals surface area (Å²) in [6.07, 6.45) is -10.1. The number of aliphatic hydroxyl groups excluding tert-OH is 1. The average Bonchev–Trinajstić information content (AvgIpc) is 2.82. The molecule has 0 aromatic heterocycles. The zero-order chi connectivity index (χ0) is 28.0. The first-order valence-electron chi connectivity index (χ1n) is 11.3. The number of alkyl halides is 6. The minimum absolute atomic E-state index is 0.0825. The number of carbonyl (C=O) groups is 1. The summed E-state index contributed by atoms with van der Waals surface area (Å²) in [5, 5.41) is 14.6. The third kappa shape index (κ3) is 8.04. The molecule has 0 aliphatic heterocycles. The second kappa shape index (κ2) is 11.6. The van der Waals surface area contributed by atoms with E-state index in [-0.39, 0.29) is 17.5 Å². The minimum atomic E-state index is -5.01. The summed E-state index contributed by atoms with van der Waals surface area (Å²) < 4.78 is 86.1. The van der Waals surface area contributed by atoms with Gasteiger partial charge in [0.05, 0.1) is 18.2 Å². The molecule has 0 saturated carbocycles. The smallest absolute Gasteiger partial charge is 0.406 e. The highest BCUT2D eigenvalue weighted by Gasteiger charge is 2.39. The zero-order valence-corrected chi connectivity index (χ0v) is 19.9. The largest absolute Gasteiger partial charge is 0.573 e. The molecular weight excluding hydrogens is 518 g/mol. The molecule has 1 unspecified atom stereocenters. The van der Waals surface area contributed by atoms with Crippen molar-refractivity contribution in [3.8, 4) is 11.5 Å². The highest BCUT2D eigenvalue weighted by molar-refractivity contribution is 5.76. The number of hydrogen-bond donors (Lipinski definition) is 3. The van der Waals surface area contributed by atoms with Gasteiger partial charge in [-0.3, -0.25) is 0 Å². The molecule has 0 saturated heterocycles. The van der Waals surface area contributed by atoms with E-state index in [1.165, 1.54) is 31.2 Å². The fraction of sp³-hybridized carbons (Fsp3) is 0.269. The van der Waals surface area contributed by atoms with Crippen LogP contribution >= 0.6 is 0 Å². The number of urea groups is 1. The van der Waals surface area contributed by atoms with Crippen LogP contribution in [0.3, 0.4) is 0 Å². The van der Waals surface area contributed by atoms with E-state index in [0.29, 0.717) is 5.56 Å². The summed E-state index contributed by atoms with van der Waals surface area (Å²) in [5.74, 6) is -1.19. The Balaban J connectivity index is 2.24. The first-order chi connectivity index (χ1) is 17.8. The van der Waals surface area contributed by atoms with Crippen LogP contribution in [0, 0.1) is 0 Å². The van der Waals surface area contributed by atoms with Gasteiger partial charge in [0, 0.05) is 6.42 Å². The number of halogens is 6. The molecule has 38 heavy (non-hydrogen) atoms. The second-order valence-corrected chi connectivity index (χ2v) is 8.40. The van der Waals surface area contributed by atoms with Gasteiger partial charge in [-0.25, -0.2) is 4.79 Å². The van der Waals surface area contributed by atoms with Crippen LogP contribution in [-0.4, -0.2) is 36.5 Å². The number of amides is 2. The number of benzene rings is 3. The SMILES string of the molecule is CC(CO)NC(=O)NC(Cc1ccccc1)(c1cccc(OC(F)(F)F)c1)c1cccc(OC(F)(F)F)c1. The summed E-state index contributed by atoms with van der Waals surface area (Å²) in [6.45, 7) is 1.09. The Morgan fingerprint density at radius 2 is 1.32 bits per heavy atom. The fourth-order valence-corrected chi connectivity index (χ4v) is 3.88. The molecule has 3 rings (SSSR count). The van der Waals surface area contributed by atoms with E-state index in [2.05, 4.69) is 20.1 Å². The molecule has 0 bridgehead atoms. The molecule has 6 nitrogen and oxygen atoms in total. The number of aliphatic hydroxyl groups is 1. The molecule has 0 radical (unpaired) electrons. The monoisotopic (exact) mass is 542 g/mol. The quantitative estimate of drug-likeness (QED) is 0.306. The van der Waals surface area contributed by atoms with Gasteiger partial charge in [0.1, 0.15) is 11.5 Å². The Bertz CT molecular complexity index is 1160. The molecule has 2 amide bonds. The van der Waals surface area contributed by atoms with Crippen molar-refractivity contribution in [2.24, 2.45) is 0 Å². The molecule has 0 fully saturated rings. The lowest BCUT2D eigenvalue weighted by Gasteiger charge is -2.37. The van der Waals surface area contributed by atoms with Gasteiger partial charge in [0.25, 0.3) is 0 Å². The van der Waals surface area contributed by atoms with Gasteiger partial charge < -0.3 is 25.2 Å². The minimum Gasteiger partial charge on any atom is -0.406 e. The summed E-state index contributed by atoms with van der Waals surface area (Å²) in [6, 6.07) is 16.5. The Kier molecular flexibility index (Phi) is 8.77. The standard InChI is InChI=1S/C26H24F6N2O4/c1-17(16-35)33-23(36)34-24(15-18-7-3-2-4-8-18,19-9-5-11-21(13-19)37-25(27,28)29)20-10-6-12-22(14-20)38-26(30,31)32/h2-14,17,35H,15-16H2,1H3,(H2,33,34,36). The average molecular weight is 542 g/mol. The third-order valence-electron chi connectivity index (χ3n) is 5.41. The van der Waals surface area contributed by atoms with Crippen LogP contribution in [0.5, 0.6) is 11.5 Å². The molecule has 3 N–H and O–H groups in total. The van der Waals surface area contributed by atoms with Crippen LogP contribution in [0.1, 0.15) is 23.6 Å². The predicted octanol–water partition coefficient (Wildman–Crippen LogP) is 5.65. The van der Waals surface area contributed by atoms with Crippen molar-refractivity contribution >= 4 is 6.03 Å². The first-order valence-corrected chi connectivity index (χ1v) is 11.3. The van der Waals surface area contributed by atoms with Crippen molar-refractivity contribution in [1.82, 2.24) is 10.6 Å². The Morgan fingerprint density at radius 3 is 1.76 bits per heavy atom. The van der Waals surface area contributed by atoms with Crippen molar-refractivity contribution in [3.63, 3.8) is 0 Å². The number of rotatable bonds is 9. The van der Waals surface area contributed by atoms with E-state index in [9.17, 15) is 36.2 Å². The molecule has 0 spiro atoms. The topological polar surface area (TPSA) is 79.8 Å². The number of hydrogen-bond acceptors (Lipinski definition) is 4. The highest BCUT2D eigenvalue weighted by Crippen LogP contribution is 2.38. The van der Waals surface area contributed by atoms with E-state index in [1.54, 1.807) is 30.3 Å². The van der Waals surface area contributed by atoms with Gasteiger partial charge in [-0.15, -0.1) is 26.3 Å². The molecule has 3 aromatic carbocycles. The van der Waals surface area contributed by atoms with Crippen LogP contribution in [0.4, 0.5) is 31.1 Å². The van der Waals surface area contributed by atoms with Crippen molar-refractivity contribution in [1.29, 1.82) is 0 Å². The number of nitrogens with one attached hydrogen (secondary N) is 2. The van der Waals surface area contributed by atoms with Crippen molar-refractivity contribution in [3.05, 3.63) is 95.6 Å². The van der Waals surface area contributed by atoms with E-state index in [0.717, 1.165) is 24.3 Å². The summed E-state index contributed by atoms with van der Waals surface area (Å²) in [4.78, 5) is 13.0. The summed E-state index contributed by atoms with van der Waals surface area (Å²) in [5.41, 5.74) is -0.943. The van der Waals surface area contributed by atoms with Gasteiger partial charge in [-0.05, 0) is 47.9 Å². The fourth-order valence-electron chi connectivity index (χ4n) is 3.88.